The zero-order valence-corrected chi connectivity index (χ0v) is 14.6. The molecule has 0 aliphatic heterocycles. The second-order valence-corrected chi connectivity index (χ2v) is 7.95. The van der Waals surface area contributed by atoms with Crippen molar-refractivity contribution >= 4 is 20.0 Å². The van der Waals surface area contributed by atoms with Gasteiger partial charge in [-0.3, -0.25) is 0 Å². The molecule has 0 aromatic rings. The maximum absolute atomic E-state index is 11.4. The van der Waals surface area contributed by atoms with Crippen molar-refractivity contribution in [3.8, 4) is 0 Å². The van der Waals surface area contributed by atoms with Gasteiger partial charge in [-0.25, -0.2) is 16.8 Å². The lowest BCUT2D eigenvalue weighted by atomic mass is 10.1. The molecule has 0 saturated carbocycles. The molecule has 148 valence electrons. The van der Waals surface area contributed by atoms with E-state index in [9.17, 15) is 43.2 Å². The van der Waals surface area contributed by atoms with Crippen molar-refractivity contribution in [2.75, 3.05) is 13.6 Å². The second kappa shape index (κ2) is 10.4. The summed E-state index contributed by atoms with van der Waals surface area (Å²) in [6, 6.07) is 0. The highest BCUT2D eigenvalue weighted by molar-refractivity contribution is 8.13. The van der Waals surface area contributed by atoms with E-state index >= 15 is 0 Å². The summed E-state index contributed by atoms with van der Waals surface area (Å²) in [6.07, 6.45) is 7.04. The zero-order chi connectivity index (χ0) is 19.7. The van der Waals surface area contributed by atoms with Gasteiger partial charge in [0.25, 0.3) is 0 Å². The van der Waals surface area contributed by atoms with E-state index in [2.05, 4.69) is 19.3 Å². The van der Waals surface area contributed by atoms with E-state index in [1.165, 1.54) is 38.6 Å². The van der Waals surface area contributed by atoms with Crippen molar-refractivity contribution in [2.24, 2.45) is 0 Å². The molecule has 0 heterocycles. The lowest BCUT2D eigenvalue weighted by molar-refractivity contribution is -0.627. The zero-order valence-electron chi connectivity index (χ0n) is 13.0. The second-order valence-electron chi connectivity index (χ2n) is 4.53. The van der Waals surface area contributed by atoms with Crippen molar-refractivity contribution in [2.45, 2.75) is 50.0 Å². The number of nitrogens with zero attached hydrogens (tertiary/aromatic N) is 1. The number of rotatable bonds is 8. The molecule has 0 spiro atoms. The van der Waals surface area contributed by atoms with Gasteiger partial charge in [0.1, 0.15) is 0 Å². The molecule has 24 heavy (non-hydrogen) atoms. The minimum atomic E-state index is -6.72. The van der Waals surface area contributed by atoms with E-state index in [0.29, 0.717) is 0 Å². The molecule has 0 bridgehead atoms. The molecule has 0 radical (unpaired) electrons. The predicted molar refractivity (Wildman–Crippen MR) is 74.8 cm³/mol. The Morgan fingerprint density at radius 2 is 1.17 bits per heavy atom. The van der Waals surface area contributed by atoms with E-state index in [1.807, 2.05) is 0 Å². The third-order valence-corrected chi connectivity index (χ3v) is 5.12. The molecule has 0 aromatic heterocycles. The molecule has 6 nitrogen and oxygen atoms in total. The number of nitrogens with two attached hydrogens (primary N) is 1. The third kappa shape index (κ3) is 10.3. The Morgan fingerprint density at radius 1 is 0.792 bits per heavy atom. The number of halogens is 6. The largest absolute Gasteiger partial charge is 0.480 e. The van der Waals surface area contributed by atoms with Gasteiger partial charge in [0.15, 0.2) is 20.0 Å². The van der Waals surface area contributed by atoms with Gasteiger partial charge in [0.2, 0.25) is 0 Å². The summed E-state index contributed by atoms with van der Waals surface area (Å²) in [5.74, 6) is 0. The van der Waals surface area contributed by atoms with Crippen LogP contribution >= 0.6 is 0 Å². The Hall–Kier alpha value is -0.600. The molecule has 0 fully saturated rings. The van der Waals surface area contributed by atoms with Gasteiger partial charge in [0, 0.05) is 0 Å². The highest BCUT2D eigenvalue weighted by Gasteiger charge is 2.46. The summed E-state index contributed by atoms with van der Waals surface area (Å²) in [5, 5.41) is 2.26. The van der Waals surface area contributed by atoms with Crippen LogP contribution in [0.4, 0.5) is 26.3 Å². The van der Waals surface area contributed by atoms with Gasteiger partial charge < -0.3 is 9.44 Å². The summed E-state index contributed by atoms with van der Waals surface area (Å²) >= 11 is 0. The summed E-state index contributed by atoms with van der Waals surface area (Å²) < 4.78 is 109. The van der Waals surface area contributed by atoms with Gasteiger partial charge in [-0.2, -0.15) is 26.3 Å². The fourth-order valence-corrected chi connectivity index (χ4v) is 2.88. The maximum Gasteiger partial charge on any atom is 0.480 e. The molecule has 0 rings (SSSR count). The molecule has 0 atom stereocenters. The third-order valence-electron chi connectivity index (χ3n) is 2.38. The Labute approximate surface area is 137 Å². The molecular formula is C10H20F6N2O4S2. The Bertz CT molecular complexity index is 495. The maximum atomic E-state index is 11.4. The van der Waals surface area contributed by atoms with Crippen LogP contribution < -0.4 is 5.32 Å². The molecular weight excluding hydrogens is 390 g/mol. The summed E-state index contributed by atoms with van der Waals surface area (Å²) in [5.41, 5.74) is -12.4. The first kappa shape index (κ1) is 25.6. The summed E-state index contributed by atoms with van der Waals surface area (Å²) in [6.45, 7) is 3.57. The molecule has 14 heteroatoms. The van der Waals surface area contributed by atoms with Crippen molar-refractivity contribution in [3.63, 3.8) is 0 Å². The van der Waals surface area contributed by atoms with Gasteiger partial charge >= 0.3 is 11.0 Å². The van der Waals surface area contributed by atoms with E-state index in [1.54, 1.807) is 0 Å². The molecule has 0 amide bonds. The lowest BCUT2D eigenvalue weighted by Gasteiger charge is -2.22. The Morgan fingerprint density at radius 3 is 1.46 bits per heavy atom. The average molecular weight is 410 g/mol. The predicted octanol–water partition coefficient (Wildman–Crippen LogP) is 2.21. The van der Waals surface area contributed by atoms with Gasteiger partial charge in [-0.05, 0) is 12.8 Å². The average Bonchev–Trinajstić information content (AvgIpc) is 2.35. The van der Waals surface area contributed by atoms with Gasteiger partial charge in [-0.1, -0.05) is 26.2 Å². The minimum Gasteiger partial charge on any atom is -0.421 e. The van der Waals surface area contributed by atoms with Crippen LogP contribution in [-0.4, -0.2) is 41.4 Å². The molecule has 0 aromatic carbocycles. The SMILES string of the molecule is CCCCCCC[NH2+]C.O=S(=O)([N-]S(=O)(=O)C(F)(F)F)C(F)(F)F. The van der Waals surface area contributed by atoms with Crippen LogP contribution in [0.3, 0.4) is 0 Å². The van der Waals surface area contributed by atoms with Crippen molar-refractivity contribution < 1.29 is 48.5 Å². The number of sulfonamides is 2. The number of hydrogen-bond donors (Lipinski definition) is 1. The van der Waals surface area contributed by atoms with Crippen LogP contribution in [0.25, 0.3) is 4.13 Å². The lowest BCUT2D eigenvalue weighted by Crippen LogP contribution is -2.79. The Balaban J connectivity index is 0. The van der Waals surface area contributed by atoms with Crippen molar-refractivity contribution in [1.82, 2.24) is 0 Å². The molecule has 0 aliphatic rings. The monoisotopic (exact) mass is 410 g/mol. The van der Waals surface area contributed by atoms with E-state index in [-0.39, 0.29) is 0 Å². The molecule has 0 aliphatic carbocycles. The first-order valence-electron chi connectivity index (χ1n) is 6.77. The normalized spacial score (nSPS) is 13.3. The first-order valence-corrected chi connectivity index (χ1v) is 9.65. The van der Waals surface area contributed by atoms with Gasteiger partial charge in [0.05, 0.1) is 13.6 Å². The number of alkyl halides is 6. The van der Waals surface area contributed by atoms with Crippen LogP contribution in [0.2, 0.25) is 0 Å². The van der Waals surface area contributed by atoms with Crippen molar-refractivity contribution in [1.29, 1.82) is 0 Å². The van der Waals surface area contributed by atoms with E-state index in [4.69, 9.17) is 0 Å². The standard InChI is InChI=1S/C8H19N.C2F6NO4S2/c1-3-4-5-6-7-8-9-2;3-1(4,5)14(10,11)9-15(12,13)2(6,7)8/h9H,3-8H2,1-2H3;/q;-1/p+1. The smallest absolute Gasteiger partial charge is 0.421 e. The highest BCUT2D eigenvalue weighted by Crippen LogP contribution is 2.36. The van der Waals surface area contributed by atoms with Crippen LogP contribution in [0.5, 0.6) is 0 Å². The number of quaternary nitrogens is 1. The molecule has 2 N–H and O–H groups in total. The van der Waals surface area contributed by atoms with Crippen LogP contribution in [0.15, 0.2) is 0 Å². The van der Waals surface area contributed by atoms with Crippen molar-refractivity contribution in [3.05, 3.63) is 4.13 Å². The molecule has 0 unspecified atom stereocenters. The number of hydrogen-bond acceptors (Lipinski definition) is 4. The fourth-order valence-electron chi connectivity index (χ4n) is 1.17. The van der Waals surface area contributed by atoms with Crippen LogP contribution in [0.1, 0.15) is 39.0 Å². The quantitative estimate of drug-likeness (QED) is 0.490. The summed E-state index contributed by atoms with van der Waals surface area (Å²) in [4.78, 5) is 0. The summed E-state index contributed by atoms with van der Waals surface area (Å²) in [7, 11) is -11.3. The van der Waals surface area contributed by atoms with Crippen LogP contribution in [0, 0.1) is 0 Å². The first-order chi connectivity index (χ1) is 10.6. The van der Waals surface area contributed by atoms with Crippen LogP contribution in [-0.2, 0) is 20.0 Å². The number of unbranched alkanes of at least 4 members (excludes halogenated alkanes) is 4. The topological polar surface area (TPSA) is 99.0 Å². The van der Waals surface area contributed by atoms with Gasteiger partial charge in [-0.15, -0.1) is 0 Å². The fraction of sp³-hybridized carbons (Fsp3) is 1.00. The molecule has 0 saturated heterocycles. The highest BCUT2D eigenvalue weighted by atomic mass is 32.3. The van der Waals surface area contributed by atoms with E-state index in [0.717, 1.165) is 4.13 Å². The Kier molecular flexibility index (Phi) is 11.1. The minimum absolute atomic E-state index is 0.778. The van der Waals surface area contributed by atoms with E-state index < -0.39 is 31.1 Å².